The molecule has 0 radical (unpaired) electrons. The van der Waals surface area contributed by atoms with E-state index in [0.717, 1.165) is 14.2 Å². The fourth-order valence-corrected chi connectivity index (χ4v) is 3.01. The van der Waals surface area contributed by atoms with E-state index in [9.17, 15) is 14.2 Å². The molecule has 0 aromatic carbocycles. The van der Waals surface area contributed by atoms with Gasteiger partial charge < -0.3 is 19.3 Å². The molecule has 0 aromatic heterocycles. The van der Waals surface area contributed by atoms with Gasteiger partial charge in [0, 0.05) is 14.2 Å². The van der Waals surface area contributed by atoms with Gasteiger partial charge >= 0.3 is 19.5 Å². The topological polar surface area (TPSA) is 134 Å². The fraction of sp³-hybridized carbons (Fsp3) is 0.625. The van der Waals surface area contributed by atoms with Crippen molar-refractivity contribution in [2.75, 3.05) is 14.2 Å². The van der Waals surface area contributed by atoms with Crippen LogP contribution in [-0.2, 0) is 23.2 Å². The lowest BCUT2D eigenvalue weighted by atomic mass is 10.0. The van der Waals surface area contributed by atoms with Crippen LogP contribution >= 0.6 is 7.60 Å². The summed E-state index contributed by atoms with van der Waals surface area (Å²) in [5.74, 6) is -3.23. The van der Waals surface area contributed by atoms with E-state index in [1.807, 2.05) is 0 Å². The molecule has 0 heterocycles. The van der Waals surface area contributed by atoms with E-state index in [1.54, 1.807) is 0 Å². The molecule has 0 aliphatic rings. The summed E-state index contributed by atoms with van der Waals surface area (Å²) < 4.78 is 21.1. The van der Waals surface area contributed by atoms with Crippen LogP contribution in [0.4, 0.5) is 0 Å². The zero-order valence-corrected chi connectivity index (χ0v) is 10.1. The minimum absolute atomic E-state index is 0.798. The third-order valence-electron chi connectivity index (χ3n) is 2.22. The monoisotopic (exact) mass is 265 g/mol. The predicted molar refractivity (Wildman–Crippen MR) is 54.5 cm³/mol. The van der Waals surface area contributed by atoms with Crippen LogP contribution in [0.2, 0.25) is 0 Å². The summed E-state index contributed by atoms with van der Waals surface area (Å²) >= 11 is 0. The van der Waals surface area contributed by atoms with Crippen LogP contribution in [0.3, 0.4) is 0 Å². The number of carboxylic acid groups (broad SMARTS) is 2. The van der Waals surface area contributed by atoms with Crippen LogP contribution in [0, 0.1) is 11.3 Å². The molecule has 0 spiro atoms. The van der Waals surface area contributed by atoms with Crippen LogP contribution < -0.4 is 0 Å². The van der Waals surface area contributed by atoms with Crippen molar-refractivity contribution in [2.24, 2.45) is 0 Å². The first-order chi connectivity index (χ1) is 7.79. The highest BCUT2D eigenvalue weighted by Crippen LogP contribution is 2.62. The number of hydrogen-bond donors (Lipinski definition) is 2. The van der Waals surface area contributed by atoms with Crippen molar-refractivity contribution in [2.45, 2.75) is 18.0 Å². The van der Waals surface area contributed by atoms with Crippen LogP contribution in [0.5, 0.6) is 0 Å². The van der Waals surface area contributed by atoms with Gasteiger partial charge in [-0.1, -0.05) is 0 Å². The number of rotatable bonds is 7. The summed E-state index contributed by atoms with van der Waals surface area (Å²) in [6.07, 6.45) is -1.83. The highest BCUT2D eigenvalue weighted by atomic mass is 31.2. The second-order valence-electron chi connectivity index (χ2n) is 3.10. The molecule has 0 saturated heterocycles. The molecule has 0 aromatic rings. The van der Waals surface area contributed by atoms with Crippen molar-refractivity contribution in [1.29, 1.82) is 5.26 Å². The Balaban J connectivity index is 5.79. The van der Waals surface area contributed by atoms with E-state index in [2.05, 4.69) is 9.05 Å². The normalized spacial score (nSPS) is 14.6. The average Bonchev–Trinajstić information content (AvgIpc) is 2.26. The molecule has 0 bridgehead atoms. The summed E-state index contributed by atoms with van der Waals surface area (Å²) in [6.45, 7) is 0. The zero-order valence-electron chi connectivity index (χ0n) is 9.24. The molecular weight excluding hydrogens is 253 g/mol. The Kier molecular flexibility index (Phi) is 5.29. The summed E-state index contributed by atoms with van der Waals surface area (Å²) in [5.41, 5.74) is 0. The lowest BCUT2D eigenvalue weighted by molar-refractivity contribution is -0.147. The van der Waals surface area contributed by atoms with Gasteiger partial charge in [0.2, 0.25) is 0 Å². The maximum atomic E-state index is 12.1. The molecule has 8 nitrogen and oxygen atoms in total. The van der Waals surface area contributed by atoms with Gasteiger partial charge in [0.15, 0.2) is 5.16 Å². The molecule has 0 saturated carbocycles. The van der Waals surface area contributed by atoms with Gasteiger partial charge in [-0.25, -0.2) is 0 Å². The van der Waals surface area contributed by atoms with E-state index in [-0.39, 0.29) is 0 Å². The molecule has 0 fully saturated rings. The maximum absolute atomic E-state index is 12.1. The van der Waals surface area contributed by atoms with Gasteiger partial charge in [0.1, 0.15) is 0 Å². The SMILES string of the molecule is COP(=O)(OC)C(CC#N)(CC(=O)O)C(=O)O. The molecule has 0 aliphatic heterocycles. The largest absolute Gasteiger partial charge is 0.481 e. The van der Waals surface area contributed by atoms with Gasteiger partial charge in [-0.05, 0) is 0 Å². The van der Waals surface area contributed by atoms with Gasteiger partial charge in [0.25, 0.3) is 0 Å². The van der Waals surface area contributed by atoms with Gasteiger partial charge in [-0.3, -0.25) is 14.2 Å². The van der Waals surface area contributed by atoms with Crippen LogP contribution in [0.1, 0.15) is 12.8 Å². The first kappa shape index (κ1) is 15.6. The Morgan fingerprint density at radius 2 is 1.82 bits per heavy atom. The molecule has 1 atom stereocenters. The van der Waals surface area contributed by atoms with Crippen molar-refractivity contribution in [3.63, 3.8) is 0 Å². The quantitative estimate of drug-likeness (QED) is 0.642. The number of carbonyl (C=O) groups is 2. The Bertz CT molecular complexity index is 393. The lowest BCUT2D eigenvalue weighted by Gasteiger charge is -2.30. The van der Waals surface area contributed by atoms with Crippen molar-refractivity contribution in [1.82, 2.24) is 0 Å². The Morgan fingerprint density at radius 3 is 2.06 bits per heavy atom. The molecule has 1 unspecified atom stereocenters. The third kappa shape index (κ3) is 2.82. The molecule has 9 heteroatoms. The minimum Gasteiger partial charge on any atom is -0.481 e. The van der Waals surface area contributed by atoms with E-state index >= 15 is 0 Å². The first-order valence-electron chi connectivity index (χ1n) is 4.33. The van der Waals surface area contributed by atoms with E-state index in [1.165, 1.54) is 6.07 Å². The van der Waals surface area contributed by atoms with Crippen molar-refractivity contribution in [3.8, 4) is 6.07 Å². The van der Waals surface area contributed by atoms with E-state index < -0.39 is 37.5 Å². The summed E-state index contributed by atoms with van der Waals surface area (Å²) in [5, 5.41) is 23.9. The van der Waals surface area contributed by atoms with Crippen LogP contribution in [0.15, 0.2) is 0 Å². The number of nitrogens with zero attached hydrogens (tertiary/aromatic N) is 1. The third-order valence-corrected chi connectivity index (χ3v) is 4.74. The molecule has 0 amide bonds. The number of carboxylic acids is 2. The molecule has 2 N–H and O–H groups in total. The van der Waals surface area contributed by atoms with Gasteiger partial charge in [-0.15, -0.1) is 0 Å². The maximum Gasteiger partial charge on any atom is 0.349 e. The zero-order chi connectivity index (χ0) is 13.7. The standard InChI is InChI=1S/C8H12NO7P/c1-15-17(14,16-2)8(3-4-9,7(12)13)5-6(10)11/h3,5H2,1-2H3,(H,10,11)(H,12,13). The molecule has 17 heavy (non-hydrogen) atoms. The molecule has 96 valence electrons. The van der Waals surface area contributed by atoms with Gasteiger partial charge in [0.05, 0.1) is 18.9 Å². The lowest BCUT2D eigenvalue weighted by Crippen LogP contribution is -2.41. The average molecular weight is 265 g/mol. The Morgan fingerprint density at radius 1 is 1.35 bits per heavy atom. The second-order valence-corrected chi connectivity index (χ2v) is 5.69. The van der Waals surface area contributed by atoms with Crippen LogP contribution in [-0.4, -0.2) is 41.5 Å². The Labute approximate surface area is 97.3 Å². The predicted octanol–water partition coefficient (Wildman–Crippen LogP) is 0.684. The van der Waals surface area contributed by atoms with E-state index in [0.29, 0.717) is 0 Å². The van der Waals surface area contributed by atoms with Gasteiger partial charge in [-0.2, -0.15) is 5.26 Å². The van der Waals surface area contributed by atoms with E-state index in [4.69, 9.17) is 15.5 Å². The number of aliphatic carboxylic acids is 2. The molecule has 0 aliphatic carbocycles. The summed E-state index contributed by atoms with van der Waals surface area (Å²) in [7, 11) is -2.39. The van der Waals surface area contributed by atoms with Crippen molar-refractivity contribution < 1.29 is 33.4 Å². The highest BCUT2D eigenvalue weighted by molar-refractivity contribution is 7.56. The minimum atomic E-state index is -4.25. The highest BCUT2D eigenvalue weighted by Gasteiger charge is 2.58. The van der Waals surface area contributed by atoms with Crippen molar-refractivity contribution >= 4 is 19.5 Å². The van der Waals surface area contributed by atoms with Crippen molar-refractivity contribution in [3.05, 3.63) is 0 Å². The fourth-order valence-electron chi connectivity index (χ4n) is 1.33. The van der Waals surface area contributed by atoms with Crippen LogP contribution in [0.25, 0.3) is 0 Å². The second kappa shape index (κ2) is 5.77. The number of hydrogen-bond acceptors (Lipinski definition) is 6. The smallest absolute Gasteiger partial charge is 0.349 e. The number of nitriles is 1. The summed E-state index contributed by atoms with van der Waals surface area (Å²) in [4.78, 5) is 21.8. The Hall–Kier alpha value is -1.42. The molecular formula is C8H12NO7P. The summed E-state index contributed by atoms with van der Waals surface area (Å²) in [6, 6.07) is 1.49. The molecule has 0 rings (SSSR count). The first-order valence-corrected chi connectivity index (χ1v) is 5.87.